The fourth-order valence-corrected chi connectivity index (χ4v) is 2.92. The monoisotopic (exact) mass is 284 g/mol. The van der Waals surface area contributed by atoms with E-state index >= 15 is 0 Å². The third kappa shape index (κ3) is 7.05. The van der Waals surface area contributed by atoms with Gasteiger partial charge in [0.15, 0.2) is 0 Å². The van der Waals surface area contributed by atoms with E-state index in [9.17, 15) is 5.11 Å². The molecule has 0 radical (unpaired) electrons. The molecule has 1 rings (SSSR count). The minimum atomic E-state index is -0.118. The van der Waals surface area contributed by atoms with Gasteiger partial charge in [0.05, 0.1) is 6.61 Å². The van der Waals surface area contributed by atoms with Gasteiger partial charge in [-0.25, -0.2) is 0 Å². The van der Waals surface area contributed by atoms with Gasteiger partial charge < -0.3 is 15.3 Å². The van der Waals surface area contributed by atoms with E-state index in [1.165, 1.54) is 38.8 Å². The number of nitrogens with zero attached hydrogens (tertiary/aromatic N) is 1. The van der Waals surface area contributed by atoms with Crippen molar-refractivity contribution < 1.29 is 5.11 Å². The molecule has 1 aliphatic rings. The van der Waals surface area contributed by atoms with Crippen LogP contribution in [0, 0.1) is 5.92 Å². The van der Waals surface area contributed by atoms with Crippen molar-refractivity contribution in [1.82, 2.24) is 10.2 Å². The highest BCUT2D eigenvalue weighted by molar-refractivity contribution is 4.84. The minimum absolute atomic E-state index is 0.118. The fraction of sp³-hybridized carbons (Fsp3) is 1.00. The van der Waals surface area contributed by atoms with Crippen LogP contribution in [0.2, 0.25) is 0 Å². The van der Waals surface area contributed by atoms with Gasteiger partial charge in [0, 0.05) is 24.2 Å². The molecule has 120 valence electrons. The molecule has 0 heterocycles. The molecule has 1 atom stereocenters. The Kier molecular flexibility index (Phi) is 7.49. The van der Waals surface area contributed by atoms with Gasteiger partial charge >= 0.3 is 0 Å². The van der Waals surface area contributed by atoms with Crippen LogP contribution in [0.3, 0.4) is 0 Å². The molecule has 0 bridgehead atoms. The molecule has 3 nitrogen and oxygen atoms in total. The van der Waals surface area contributed by atoms with Crippen LogP contribution in [-0.2, 0) is 0 Å². The summed E-state index contributed by atoms with van der Waals surface area (Å²) in [5, 5.41) is 13.1. The van der Waals surface area contributed by atoms with Crippen molar-refractivity contribution in [2.45, 2.75) is 84.3 Å². The molecule has 3 heteroatoms. The van der Waals surface area contributed by atoms with E-state index in [1.54, 1.807) is 0 Å². The van der Waals surface area contributed by atoms with Gasteiger partial charge in [-0.1, -0.05) is 20.3 Å². The second-order valence-corrected chi connectivity index (χ2v) is 7.51. The third-order valence-corrected chi connectivity index (χ3v) is 4.33. The zero-order valence-corrected chi connectivity index (χ0v) is 14.3. The molecule has 1 unspecified atom stereocenters. The van der Waals surface area contributed by atoms with Crippen molar-refractivity contribution in [3.05, 3.63) is 0 Å². The van der Waals surface area contributed by atoms with E-state index in [0.717, 1.165) is 12.3 Å². The van der Waals surface area contributed by atoms with Crippen molar-refractivity contribution in [3.63, 3.8) is 0 Å². The quantitative estimate of drug-likeness (QED) is 0.573. The molecule has 20 heavy (non-hydrogen) atoms. The number of hydrogen-bond donors (Lipinski definition) is 2. The molecular formula is C17H36N2O. The summed E-state index contributed by atoms with van der Waals surface area (Å²) in [4.78, 5) is 2.63. The largest absolute Gasteiger partial charge is 0.394 e. The number of aliphatic hydroxyl groups is 1. The third-order valence-electron chi connectivity index (χ3n) is 4.33. The summed E-state index contributed by atoms with van der Waals surface area (Å²) in [6.45, 7) is 13.8. The van der Waals surface area contributed by atoms with Crippen molar-refractivity contribution >= 4 is 0 Å². The summed E-state index contributed by atoms with van der Waals surface area (Å²) in [5.74, 6) is 0.975. The highest BCUT2D eigenvalue weighted by Gasteiger charge is 2.26. The van der Waals surface area contributed by atoms with Gasteiger partial charge in [-0.3, -0.25) is 0 Å². The van der Waals surface area contributed by atoms with Crippen molar-refractivity contribution in [1.29, 1.82) is 0 Å². The lowest BCUT2D eigenvalue weighted by atomic mass is 9.94. The Morgan fingerprint density at radius 1 is 1.20 bits per heavy atom. The maximum Gasteiger partial charge on any atom is 0.0610 e. The molecule has 0 aromatic rings. The molecule has 2 N–H and O–H groups in total. The van der Waals surface area contributed by atoms with E-state index in [1.807, 2.05) is 0 Å². The highest BCUT2D eigenvalue weighted by Crippen LogP contribution is 2.30. The Labute approximate surface area is 126 Å². The smallest absolute Gasteiger partial charge is 0.0610 e. The molecule has 0 aromatic carbocycles. The summed E-state index contributed by atoms with van der Waals surface area (Å²) in [6, 6.07) is 1.09. The Morgan fingerprint density at radius 2 is 1.85 bits per heavy atom. The average molecular weight is 284 g/mol. The molecular weight excluding hydrogens is 248 g/mol. The van der Waals surface area contributed by atoms with Crippen LogP contribution in [-0.4, -0.2) is 47.3 Å². The van der Waals surface area contributed by atoms with Gasteiger partial charge in [0.1, 0.15) is 0 Å². The molecule has 1 aliphatic carbocycles. The zero-order valence-electron chi connectivity index (χ0n) is 14.3. The molecule has 0 amide bonds. The Hall–Kier alpha value is -0.120. The topological polar surface area (TPSA) is 35.5 Å². The molecule has 1 fully saturated rings. The Morgan fingerprint density at radius 3 is 2.30 bits per heavy atom. The van der Waals surface area contributed by atoms with Gasteiger partial charge in [-0.2, -0.15) is 0 Å². The van der Waals surface area contributed by atoms with Gasteiger partial charge in [0.2, 0.25) is 0 Å². The summed E-state index contributed by atoms with van der Waals surface area (Å²) < 4.78 is 0. The van der Waals surface area contributed by atoms with Crippen molar-refractivity contribution in [3.8, 4) is 0 Å². The predicted molar refractivity (Wildman–Crippen MR) is 87.0 cm³/mol. The van der Waals surface area contributed by atoms with E-state index in [-0.39, 0.29) is 12.1 Å². The molecule has 0 aromatic heterocycles. The first-order valence-electron chi connectivity index (χ1n) is 8.49. The van der Waals surface area contributed by atoms with Crippen LogP contribution in [0.25, 0.3) is 0 Å². The standard InChI is InChI=1S/C17H36N2O/c1-14(2)18-17(5,13-20)10-6-7-11-19(15(3)4)12-16-8-9-16/h14-16,18,20H,6-13H2,1-5H3. The number of hydrogen-bond acceptors (Lipinski definition) is 3. The van der Waals surface area contributed by atoms with E-state index in [0.29, 0.717) is 12.1 Å². The number of aliphatic hydroxyl groups excluding tert-OH is 1. The molecule has 0 aliphatic heterocycles. The fourth-order valence-electron chi connectivity index (χ4n) is 2.92. The minimum Gasteiger partial charge on any atom is -0.394 e. The number of unbranched alkanes of at least 4 members (excludes halogenated alkanes) is 1. The maximum atomic E-state index is 9.59. The van der Waals surface area contributed by atoms with Gasteiger partial charge in [0.25, 0.3) is 0 Å². The lowest BCUT2D eigenvalue weighted by Crippen LogP contribution is -2.49. The van der Waals surface area contributed by atoms with Crippen molar-refractivity contribution in [2.24, 2.45) is 5.92 Å². The summed E-state index contributed by atoms with van der Waals surface area (Å²) >= 11 is 0. The van der Waals surface area contributed by atoms with E-state index in [4.69, 9.17) is 0 Å². The number of nitrogens with one attached hydrogen (secondary N) is 1. The Bertz CT molecular complexity index is 264. The molecule has 1 saturated carbocycles. The van der Waals surface area contributed by atoms with Crippen LogP contribution in [0.15, 0.2) is 0 Å². The van der Waals surface area contributed by atoms with Crippen LogP contribution < -0.4 is 5.32 Å². The summed E-state index contributed by atoms with van der Waals surface area (Å²) in [6.07, 6.45) is 6.34. The zero-order chi connectivity index (χ0) is 15.2. The van der Waals surface area contributed by atoms with Crippen LogP contribution in [0.1, 0.15) is 66.7 Å². The lowest BCUT2D eigenvalue weighted by Gasteiger charge is -2.32. The number of rotatable bonds is 11. The van der Waals surface area contributed by atoms with E-state index < -0.39 is 0 Å². The van der Waals surface area contributed by atoms with Crippen LogP contribution in [0.4, 0.5) is 0 Å². The lowest BCUT2D eigenvalue weighted by molar-refractivity contribution is 0.149. The maximum absolute atomic E-state index is 9.59. The molecule has 0 spiro atoms. The van der Waals surface area contributed by atoms with Gasteiger partial charge in [-0.05, 0) is 58.9 Å². The Balaban J connectivity index is 2.23. The van der Waals surface area contributed by atoms with Crippen LogP contribution >= 0.6 is 0 Å². The normalized spacial score (nSPS) is 19.1. The summed E-state index contributed by atoms with van der Waals surface area (Å²) in [7, 11) is 0. The molecule has 0 saturated heterocycles. The highest BCUT2D eigenvalue weighted by atomic mass is 16.3. The second-order valence-electron chi connectivity index (χ2n) is 7.51. The predicted octanol–water partition coefficient (Wildman–Crippen LogP) is 3.03. The second kappa shape index (κ2) is 8.35. The first-order valence-corrected chi connectivity index (χ1v) is 8.49. The summed E-state index contributed by atoms with van der Waals surface area (Å²) in [5.41, 5.74) is -0.118. The average Bonchev–Trinajstić information content (AvgIpc) is 3.16. The first kappa shape index (κ1) is 17.9. The first-order chi connectivity index (χ1) is 9.36. The van der Waals surface area contributed by atoms with E-state index in [2.05, 4.69) is 44.8 Å². The van der Waals surface area contributed by atoms with Crippen molar-refractivity contribution in [2.75, 3.05) is 19.7 Å². The van der Waals surface area contributed by atoms with Crippen LogP contribution in [0.5, 0.6) is 0 Å². The van der Waals surface area contributed by atoms with Gasteiger partial charge in [-0.15, -0.1) is 0 Å². The SMILES string of the molecule is CC(C)NC(C)(CO)CCCCN(CC1CC1)C(C)C.